The van der Waals surface area contributed by atoms with Crippen LogP contribution in [-0.2, 0) is 16.0 Å². The average Bonchev–Trinajstić information content (AvgIpc) is 2.12. The molecule has 0 aliphatic heterocycles. The van der Waals surface area contributed by atoms with Gasteiger partial charge in [-0.2, -0.15) is 0 Å². The quantitative estimate of drug-likeness (QED) is 0.577. The smallest absolute Gasteiger partial charge is 0.311 e. The molecule has 0 fully saturated rings. The zero-order valence-corrected chi connectivity index (χ0v) is 10.0. The Kier molecular flexibility index (Phi) is 4.23. The van der Waals surface area contributed by atoms with Gasteiger partial charge in [-0.05, 0) is 44.9 Å². The van der Waals surface area contributed by atoms with Crippen molar-refractivity contribution in [1.82, 2.24) is 4.98 Å². The Labute approximate surface area is 96.2 Å². The van der Waals surface area contributed by atoms with Crippen molar-refractivity contribution in [2.24, 2.45) is 0 Å². The normalized spacial score (nSPS) is 9.94. The maximum absolute atomic E-state index is 11.3. The highest BCUT2D eigenvalue weighted by molar-refractivity contribution is 5.70. The minimum Gasteiger partial charge on any atom is -0.432 e. The maximum atomic E-state index is 11.3. The van der Waals surface area contributed by atoms with Crippen molar-refractivity contribution in [2.45, 2.75) is 33.6 Å². The Bertz CT molecular complexity index is 390. The topological polar surface area (TPSA) is 39.2 Å². The van der Waals surface area contributed by atoms with Crippen LogP contribution in [0.15, 0.2) is 24.5 Å². The van der Waals surface area contributed by atoms with E-state index in [0.717, 1.165) is 17.0 Å². The number of pyridine rings is 1. The van der Waals surface area contributed by atoms with E-state index in [1.807, 2.05) is 26.0 Å². The number of carbonyl (C=O) groups excluding carboxylic acids is 1. The van der Waals surface area contributed by atoms with E-state index in [1.54, 1.807) is 6.92 Å². The van der Waals surface area contributed by atoms with Gasteiger partial charge in [-0.3, -0.25) is 9.78 Å². The largest absolute Gasteiger partial charge is 0.432 e. The molecule has 0 unspecified atom stereocenters. The molecule has 1 aromatic rings. The molecule has 0 aliphatic rings. The summed E-state index contributed by atoms with van der Waals surface area (Å²) in [5.74, 6) is 0.201. The third kappa shape index (κ3) is 4.26. The van der Waals surface area contributed by atoms with Crippen LogP contribution in [0, 0.1) is 13.8 Å². The van der Waals surface area contributed by atoms with E-state index in [4.69, 9.17) is 4.74 Å². The number of aromatic nitrogens is 1. The minimum atomic E-state index is -0.236. The first-order chi connectivity index (χ1) is 7.47. The van der Waals surface area contributed by atoms with Gasteiger partial charge in [-0.25, -0.2) is 0 Å². The molecule has 1 aromatic heterocycles. The summed E-state index contributed by atoms with van der Waals surface area (Å²) in [6.07, 6.45) is 1.05. The fourth-order valence-corrected chi connectivity index (χ4v) is 1.56. The molecule has 16 heavy (non-hydrogen) atoms. The van der Waals surface area contributed by atoms with Crippen molar-refractivity contribution >= 4 is 5.97 Å². The molecule has 0 saturated heterocycles. The molecule has 0 amide bonds. The first kappa shape index (κ1) is 12.4. The van der Waals surface area contributed by atoms with Crippen LogP contribution >= 0.6 is 0 Å². The zero-order chi connectivity index (χ0) is 12.1. The third-order valence-corrected chi connectivity index (χ3v) is 2.05. The Morgan fingerprint density at radius 2 is 1.94 bits per heavy atom. The summed E-state index contributed by atoms with van der Waals surface area (Å²) in [7, 11) is 0. The van der Waals surface area contributed by atoms with Gasteiger partial charge in [0.2, 0.25) is 0 Å². The Hall–Kier alpha value is -1.64. The van der Waals surface area contributed by atoms with E-state index >= 15 is 0 Å². The Balaban J connectivity index is 2.54. The van der Waals surface area contributed by atoms with Crippen LogP contribution in [-0.4, -0.2) is 11.0 Å². The highest BCUT2D eigenvalue weighted by Crippen LogP contribution is 2.08. The second-order valence-corrected chi connectivity index (χ2v) is 3.93. The molecule has 1 heterocycles. The second kappa shape index (κ2) is 5.45. The van der Waals surface area contributed by atoms with Gasteiger partial charge in [-0.1, -0.05) is 6.58 Å². The lowest BCUT2D eigenvalue weighted by atomic mass is 10.1. The predicted molar refractivity (Wildman–Crippen MR) is 62.9 cm³/mol. The molecule has 0 aromatic carbocycles. The van der Waals surface area contributed by atoms with E-state index in [2.05, 4.69) is 11.6 Å². The van der Waals surface area contributed by atoms with Gasteiger partial charge in [0.1, 0.15) is 0 Å². The standard InChI is InChI=1S/C13H17NO2/c1-9(2)16-13(15)6-5-12-7-10(3)14-11(4)8-12/h7-8H,1,5-6H2,2-4H3. The van der Waals surface area contributed by atoms with Crippen LogP contribution in [0.4, 0.5) is 0 Å². The van der Waals surface area contributed by atoms with Crippen LogP contribution < -0.4 is 0 Å². The molecular weight excluding hydrogens is 202 g/mol. The lowest BCUT2D eigenvalue weighted by Crippen LogP contribution is -2.04. The average molecular weight is 219 g/mol. The molecule has 0 aliphatic carbocycles. The number of allylic oxidation sites excluding steroid dienone is 1. The fraction of sp³-hybridized carbons (Fsp3) is 0.385. The number of hydrogen-bond donors (Lipinski definition) is 0. The summed E-state index contributed by atoms with van der Waals surface area (Å²) in [6.45, 7) is 9.08. The number of esters is 1. The summed E-state index contributed by atoms with van der Waals surface area (Å²) < 4.78 is 4.88. The van der Waals surface area contributed by atoms with E-state index in [0.29, 0.717) is 18.6 Å². The SMILES string of the molecule is C=C(C)OC(=O)CCc1cc(C)nc(C)c1. The van der Waals surface area contributed by atoms with E-state index in [1.165, 1.54) is 0 Å². The van der Waals surface area contributed by atoms with Crippen molar-refractivity contribution in [2.75, 3.05) is 0 Å². The number of ether oxygens (including phenoxy) is 1. The van der Waals surface area contributed by atoms with Crippen molar-refractivity contribution in [3.05, 3.63) is 41.4 Å². The number of aryl methyl sites for hydroxylation is 3. The van der Waals surface area contributed by atoms with Crippen molar-refractivity contribution in [1.29, 1.82) is 0 Å². The number of carbonyl (C=O) groups is 1. The minimum absolute atomic E-state index is 0.236. The lowest BCUT2D eigenvalue weighted by Gasteiger charge is -2.05. The van der Waals surface area contributed by atoms with Crippen LogP contribution in [0.5, 0.6) is 0 Å². The van der Waals surface area contributed by atoms with Gasteiger partial charge in [0.25, 0.3) is 0 Å². The van der Waals surface area contributed by atoms with Gasteiger partial charge in [0, 0.05) is 17.8 Å². The van der Waals surface area contributed by atoms with Crippen molar-refractivity contribution in [3.8, 4) is 0 Å². The Morgan fingerprint density at radius 1 is 1.38 bits per heavy atom. The highest BCUT2D eigenvalue weighted by Gasteiger charge is 2.05. The van der Waals surface area contributed by atoms with Crippen LogP contribution in [0.2, 0.25) is 0 Å². The van der Waals surface area contributed by atoms with Gasteiger partial charge < -0.3 is 4.74 Å². The molecule has 0 radical (unpaired) electrons. The third-order valence-electron chi connectivity index (χ3n) is 2.05. The molecular formula is C13H17NO2. The highest BCUT2D eigenvalue weighted by atomic mass is 16.5. The first-order valence-electron chi connectivity index (χ1n) is 5.27. The maximum Gasteiger partial charge on any atom is 0.311 e. The van der Waals surface area contributed by atoms with Crippen molar-refractivity contribution < 1.29 is 9.53 Å². The summed E-state index contributed by atoms with van der Waals surface area (Å²) >= 11 is 0. The van der Waals surface area contributed by atoms with Gasteiger partial charge in [0.05, 0.1) is 5.76 Å². The molecule has 0 spiro atoms. The molecule has 0 bridgehead atoms. The summed E-state index contributed by atoms with van der Waals surface area (Å²) in [4.78, 5) is 15.6. The monoisotopic (exact) mass is 219 g/mol. The van der Waals surface area contributed by atoms with Crippen LogP contribution in [0.1, 0.15) is 30.3 Å². The van der Waals surface area contributed by atoms with Crippen molar-refractivity contribution in [3.63, 3.8) is 0 Å². The van der Waals surface area contributed by atoms with Crippen LogP contribution in [0.3, 0.4) is 0 Å². The molecule has 1 rings (SSSR count). The van der Waals surface area contributed by atoms with Gasteiger partial charge in [-0.15, -0.1) is 0 Å². The molecule has 3 nitrogen and oxygen atoms in total. The van der Waals surface area contributed by atoms with E-state index < -0.39 is 0 Å². The van der Waals surface area contributed by atoms with E-state index in [-0.39, 0.29) is 5.97 Å². The predicted octanol–water partition coefficient (Wildman–Crippen LogP) is 2.71. The molecule has 3 heteroatoms. The summed E-state index contributed by atoms with van der Waals surface area (Å²) in [5.41, 5.74) is 3.07. The number of nitrogens with zero attached hydrogens (tertiary/aromatic N) is 1. The molecule has 86 valence electrons. The number of hydrogen-bond acceptors (Lipinski definition) is 3. The summed E-state index contributed by atoms with van der Waals surface area (Å²) in [5, 5.41) is 0. The Morgan fingerprint density at radius 3 is 2.44 bits per heavy atom. The van der Waals surface area contributed by atoms with Crippen LogP contribution in [0.25, 0.3) is 0 Å². The molecule has 0 N–H and O–H groups in total. The molecule has 0 saturated carbocycles. The second-order valence-electron chi connectivity index (χ2n) is 3.93. The lowest BCUT2D eigenvalue weighted by molar-refractivity contribution is -0.139. The first-order valence-corrected chi connectivity index (χ1v) is 5.27. The zero-order valence-electron chi connectivity index (χ0n) is 10.0. The van der Waals surface area contributed by atoms with Gasteiger partial charge in [0.15, 0.2) is 0 Å². The summed E-state index contributed by atoms with van der Waals surface area (Å²) in [6, 6.07) is 3.97. The fourth-order valence-electron chi connectivity index (χ4n) is 1.56. The molecule has 0 atom stereocenters. The van der Waals surface area contributed by atoms with E-state index in [9.17, 15) is 4.79 Å². The van der Waals surface area contributed by atoms with Gasteiger partial charge >= 0.3 is 5.97 Å². The number of rotatable bonds is 4.